The topological polar surface area (TPSA) is 49.5 Å². The summed E-state index contributed by atoms with van der Waals surface area (Å²) < 4.78 is 37.3. The van der Waals surface area contributed by atoms with E-state index in [1.165, 1.54) is 6.07 Å². The van der Waals surface area contributed by atoms with Crippen LogP contribution in [0.5, 0.6) is 0 Å². The Labute approximate surface area is 96.6 Å². The molecule has 0 saturated carbocycles. The third-order valence-electron chi connectivity index (χ3n) is 2.86. The number of hydrogen-bond acceptors (Lipinski definition) is 3. The van der Waals surface area contributed by atoms with Crippen molar-refractivity contribution >= 4 is 11.4 Å². The van der Waals surface area contributed by atoms with Crippen molar-refractivity contribution in [2.24, 2.45) is 0 Å². The molecule has 1 aromatic carbocycles. The Morgan fingerprint density at radius 2 is 2.06 bits per heavy atom. The fourth-order valence-corrected chi connectivity index (χ4v) is 1.98. The zero-order valence-electron chi connectivity index (χ0n) is 9.04. The number of nitrogen functional groups attached to an aromatic ring is 1. The highest BCUT2D eigenvalue weighted by molar-refractivity contribution is 5.69. The average molecular weight is 246 g/mol. The van der Waals surface area contributed by atoms with E-state index in [9.17, 15) is 18.3 Å². The summed E-state index contributed by atoms with van der Waals surface area (Å²) in [5, 5.41) is 9.37. The Bertz CT molecular complexity index is 420. The molecule has 17 heavy (non-hydrogen) atoms. The number of nitrogens with zero attached hydrogens (tertiary/aromatic N) is 1. The van der Waals surface area contributed by atoms with Crippen LogP contribution in [0, 0.1) is 0 Å². The van der Waals surface area contributed by atoms with Gasteiger partial charge in [0.05, 0.1) is 23.0 Å². The van der Waals surface area contributed by atoms with Crippen molar-refractivity contribution in [1.29, 1.82) is 0 Å². The van der Waals surface area contributed by atoms with Gasteiger partial charge in [0, 0.05) is 13.1 Å². The molecule has 1 fully saturated rings. The molecule has 1 saturated heterocycles. The number of β-amino-alcohol motifs (C(OH)–C–C–N with tert-alkyl or cyclic N) is 1. The van der Waals surface area contributed by atoms with E-state index >= 15 is 0 Å². The minimum absolute atomic E-state index is 0.0916. The molecule has 3 nitrogen and oxygen atoms in total. The lowest BCUT2D eigenvalue weighted by atomic mass is 10.1. The number of benzene rings is 1. The molecule has 0 radical (unpaired) electrons. The van der Waals surface area contributed by atoms with E-state index in [1.54, 1.807) is 4.90 Å². The molecule has 2 rings (SSSR count). The van der Waals surface area contributed by atoms with Gasteiger partial charge in [0.15, 0.2) is 0 Å². The fourth-order valence-electron chi connectivity index (χ4n) is 1.98. The van der Waals surface area contributed by atoms with E-state index in [0.29, 0.717) is 25.2 Å². The lowest BCUT2D eigenvalue weighted by Crippen LogP contribution is -2.22. The fraction of sp³-hybridized carbons (Fsp3) is 0.455. The number of rotatable bonds is 1. The molecule has 1 aliphatic rings. The second-order valence-electron chi connectivity index (χ2n) is 4.16. The average Bonchev–Trinajstić information content (AvgIpc) is 2.63. The first-order chi connectivity index (χ1) is 7.88. The van der Waals surface area contributed by atoms with E-state index in [2.05, 4.69) is 0 Å². The zero-order chi connectivity index (χ0) is 12.6. The van der Waals surface area contributed by atoms with Crippen molar-refractivity contribution in [2.45, 2.75) is 18.7 Å². The first kappa shape index (κ1) is 12.0. The normalized spacial score (nSPS) is 20.9. The second kappa shape index (κ2) is 4.10. The van der Waals surface area contributed by atoms with Gasteiger partial charge in [-0.05, 0) is 24.6 Å². The van der Waals surface area contributed by atoms with Crippen molar-refractivity contribution in [3.8, 4) is 0 Å². The van der Waals surface area contributed by atoms with Crippen LogP contribution < -0.4 is 10.6 Å². The van der Waals surface area contributed by atoms with Gasteiger partial charge in [0.1, 0.15) is 0 Å². The summed E-state index contributed by atoms with van der Waals surface area (Å²) >= 11 is 0. The van der Waals surface area contributed by atoms with E-state index in [1.807, 2.05) is 0 Å². The number of hydrogen-bond donors (Lipinski definition) is 2. The van der Waals surface area contributed by atoms with Gasteiger partial charge >= 0.3 is 6.18 Å². The Morgan fingerprint density at radius 1 is 1.35 bits per heavy atom. The minimum atomic E-state index is -4.38. The number of alkyl halides is 3. The van der Waals surface area contributed by atoms with Crippen LogP contribution in [0.2, 0.25) is 0 Å². The van der Waals surface area contributed by atoms with Gasteiger partial charge in [-0.15, -0.1) is 0 Å². The van der Waals surface area contributed by atoms with Crippen LogP contribution in [-0.4, -0.2) is 24.3 Å². The third kappa shape index (κ3) is 2.46. The molecule has 0 amide bonds. The molecule has 0 aromatic heterocycles. The third-order valence-corrected chi connectivity index (χ3v) is 2.86. The first-order valence-electron chi connectivity index (χ1n) is 5.27. The van der Waals surface area contributed by atoms with Crippen molar-refractivity contribution in [1.82, 2.24) is 0 Å². The highest BCUT2D eigenvalue weighted by atomic mass is 19.4. The largest absolute Gasteiger partial charge is 0.416 e. The van der Waals surface area contributed by atoms with Gasteiger partial charge < -0.3 is 15.7 Å². The summed E-state index contributed by atoms with van der Waals surface area (Å²) in [5.74, 6) is 0. The standard InChI is InChI=1S/C11H13F3N2O/c12-11(13,14)7-1-2-10(9(15)5-7)16-4-3-8(17)6-16/h1-2,5,8,17H,3-4,6,15H2/t8-/m0/s1. The molecule has 1 heterocycles. The van der Waals surface area contributed by atoms with Crippen LogP contribution in [0.4, 0.5) is 24.5 Å². The predicted molar refractivity (Wildman–Crippen MR) is 58.7 cm³/mol. The van der Waals surface area contributed by atoms with Crippen LogP contribution in [0.3, 0.4) is 0 Å². The van der Waals surface area contributed by atoms with Crippen molar-refractivity contribution in [2.75, 3.05) is 23.7 Å². The Kier molecular flexibility index (Phi) is 2.91. The summed E-state index contributed by atoms with van der Waals surface area (Å²) in [6, 6.07) is 3.30. The van der Waals surface area contributed by atoms with Crippen molar-refractivity contribution in [3.63, 3.8) is 0 Å². The number of nitrogens with two attached hydrogens (primary N) is 1. The highest BCUT2D eigenvalue weighted by Gasteiger charge is 2.31. The van der Waals surface area contributed by atoms with Gasteiger partial charge in [-0.25, -0.2) is 0 Å². The molecule has 3 N–H and O–H groups in total. The van der Waals surface area contributed by atoms with Gasteiger partial charge in [-0.1, -0.05) is 0 Å². The summed E-state index contributed by atoms with van der Waals surface area (Å²) in [6.07, 6.45) is -4.20. The smallest absolute Gasteiger partial charge is 0.397 e. The summed E-state index contributed by atoms with van der Waals surface area (Å²) in [7, 11) is 0. The molecule has 94 valence electrons. The van der Waals surface area contributed by atoms with Crippen LogP contribution in [0.15, 0.2) is 18.2 Å². The van der Waals surface area contributed by atoms with Gasteiger partial charge in [0.25, 0.3) is 0 Å². The number of aliphatic hydroxyl groups excluding tert-OH is 1. The molecule has 1 atom stereocenters. The Balaban J connectivity index is 2.26. The lowest BCUT2D eigenvalue weighted by molar-refractivity contribution is -0.137. The molecular weight excluding hydrogens is 233 g/mol. The molecule has 0 aliphatic carbocycles. The van der Waals surface area contributed by atoms with Gasteiger partial charge in [-0.3, -0.25) is 0 Å². The van der Waals surface area contributed by atoms with E-state index in [-0.39, 0.29) is 5.69 Å². The summed E-state index contributed by atoms with van der Waals surface area (Å²) in [4.78, 5) is 1.79. The second-order valence-corrected chi connectivity index (χ2v) is 4.16. The minimum Gasteiger partial charge on any atom is -0.397 e. The molecule has 0 unspecified atom stereocenters. The number of anilines is 2. The number of halogens is 3. The highest BCUT2D eigenvalue weighted by Crippen LogP contribution is 2.34. The first-order valence-corrected chi connectivity index (χ1v) is 5.27. The molecule has 1 aliphatic heterocycles. The summed E-state index contributed by atoms with van der Waals surface area (Å²) in [5.41, 5.74) is 5.51. The predicted octanol–water partition coefficient (Wildman–Crippen LogP) is 1.86. The van der Waals surface area contributed by atoms with E-state index in [4.69, 9.17) is 5.73 Å². The molecule has 1 aromatic rings. The zero-order valence-corrected chi connectivity index (χ0v) is 9.04. The maximum atomic E-state index is 12.4. The van der Waals surface area contributed by atoms with Crippen molar-refractivity contribution in [3.05, 3.63) is 23.8 Å². The molecule has 0 bridgehead atoms. The monoisotopic (exact) mass is 246 g/mol. The van der Waals surface area contributed by atoms with Crippen LogP contribution in [0.1, 0.15) is 12.0 Å². The SMILES string of the molecule is Nc1cc(C(F)(F)F)ccc1N1CC[C@H](O)C1. The lowest BCUT2D eigenvalue weighted by Gasteiger charge is -2.20. The van der Waals surface area contributed by atoms with Crippen LogP contribution in [0.25, 0.3) is 0 Å². The number of aliphatic hydroxyl groups is 1. The molecule has 0 spiro atoms. The van der Waals surface area contributed by atoms with Crippen LogP contribution >= 0.6 is 0 Å². The Morgan fingerprint density at radius 3 is 2.53 bits per heavy atom. The van der Waals surface area contributed by atoms with Crippen LogP contribution in [-0.2, 0) is 6.18 Å². The molecule has 6 heteroatoms. The quantitative estimate of drug-likeness (QED) is 0.743. The Hall–Kier alpha value is -1.43. The maximum absolute atomic E-state index is 12.4. The van der Waals surface area contributed by atoms with E-state index < -0.39 is 17.8 Å². The summed E-state index contributed by atoms with van der Waals surface area (Å²) in [6.45, 7) is 1.02. The van der Waals surface area contributed by atoms with E-state index in [0.717, 1.165) is 12.1 Å². The molecular formula is C11H13F3N2O. The maximum Gasteiger partial charge on any atom is 0.416 e. The van der Waals surface area contributed by atoms with Gasteiger partial charge in [-0.2, -0.15) is 13.2 Å². The van der Waals surface area contributed by atoms with Crippen molar-refractivity contribution < 1.29 is 18.3 Å². The van der Waals surface area contributed by atoms with Gasteiger partial charge in [0.2, 0.25) is 0 Å².